The third-order valence-corrected chi connectivity index (χ3v) is 14.3. The van der Waals surface area contributed by atoms with Crippen molar-refractivity contribution in [2.45, 2.75) is 109 Å². The molecule has 17 heteroatoms. The number of Topliss-reactive ketones (excluding diaryl/α,β-unsaturated/α-hetero) is 1. The molecular weight excluding hydrogens is 865 g/mol. The van der Waals surface area contributed by atoms with Crippen molar-refractivity contribution in [1.82, 2.24) is 0 Å². The lowest BCUT2D eigenvalue weighted by Gasteiger charge is -2.67. The van der Waals surface area contributed by atoms with Gasteiger partial charge in [-0.05, 0) is 65.8 Å². The van der Waals surface area contributed by atoms with Crippen molar-refractivity contribution < 1.29 is 76.2 Å². The van der Waals surface area contributed by atoms with Crippen molar-refractivity contribution in [3.8, 4) is 5.75 Å². The number of rotatable bonds is 11. The van der Waals surface area contributed by atoms with Crippen LogP contribution < -0.4 is 4.74 Å². The Kier molecular flexibility index (Phi) is 11.9. The molecule has 2 aliphatic heterocycles. The molecule has 3 aromatic rings. The Morgan fingerprint density at radius 3 is 2.18 bits per heavy atom. The van der Waals surface area contributed by atoms with Crippen LogP contribution in [0, 0.1) is 16.7 Å². The minimum Gasteiger partial charge on any atom is -0.458 e. The van der Waals surface area contributed by atoms with Gasteiger partial charge in [-0.25, -0.2) is 14.4 Å². The molecule has 1 aromatic heterocycles. The number of carbonyl (C=O) groups is 7. The maximum absolute atomic E-state index is 16.0. The predicted molar refractivity (Wildman–Crippen MR) is 227 cm³/mol. The van der Waals surface area contributed by atoms with Crippen LogP contribution in [0.1, 0.15) is 75.7 Å². The molecule has 2 saturated carbocycles. The van der Waals surface area contributed by atoms with Crippen LogP contribution in [0.4, 0.5) is 4.79 Å². The molecule has 0 amide bonds. The normalized spacial score (nSPS) is 31.9. The number of ketones is 1. The summed E-state index contributed by atoms with van der Waals surface area (Å²) in [6.45, 7) is 9.61. The zero-order valence-corrected chi connectivity index (χ0v) is 37.5. The number of esters is 5. The maximum Gasteiger partial charge on any atom is 0.509 e. The smallest absolute Gasteiger partial charge is 0.458 e. The quantitative estimate of drug-likeness (QED) is 0.0683. The van der Waals surface area contributed by atoms with E-state index in [9.17, 15) is 28.8 Å². The van der Waals surface area contributed by atoms with Gasteiger partial charge in [0.2, 0.25) is 0 Å². The second-order valence-corrected chi connectivity index (χ2v) is 18.5. The highest BCUT2D eigenvalue weighted by Gasteiger charge is 2.83. The first kappa shape index (κ1) is 45.4. The number of hydrogen-bond donors (Lipinski definition) is 0. The summed E-state index contributed by atoms with van der Waals surface area (Å²) in [6.07, 6.45) is -7.10. The maximum atomic E-state index is 16.0. The van der Waals surface area contributed by atoms with Crippen LogP contribution in [0.2, 0.25) is 0 Å². The van der Waals surface area contributed by atoms with E-state index in [4.69, 9.17) is 42.6 Å². The Bertz CT molecular complexity index is 2480. The number of benzene rings is 2. The highest BCUT2D eigenvalue weighted by atomic mass is 32.1. The van der Waals surface area contributed by atoms with Crippen LogP contribution >= 0.6 is 11.3 Å². The van der Waals surface area contributed by atoms with Crippen molar-refractivity contribution in [1.29, 1.82) is 0 Å². The summed E-state index contributed by atoms with van der Waals surface area (Å²) >= 11 is 1.25. The fraction of sp³-hybridized carbons (Fsp3) is 0.438. The van der Waals surface area contributed by atoms with Crippen molar-refractivity contribution in [2.75, 3.05) is 6.61 Å². The summed E-state index contributed by atoms with van der Waals surface area (Å²) in [5.41, 5.74) is -5.61. The molecule has 8 rings (SSSR count). The van der Waals surface area contributed by atoms with E-state index < -0.39 is 106 Å². The zero-order chi connectivity index (χ0) is 46.6. The second-order valence-electron chi connectivity index (χ2n) is 17.5. The summed E-state index contributed by atoms with van der Waals surface area (Å²) in [5.74, 6) is -5.59. The van der Waals surface area contributed by atoms with Gasteiger partial charge >= 0.3 is 36.0 Å². The van der Waals surface area contributed by atoms with E-state index in [2.05, 4.69) is 0 Å². The lowest BCUT2D eigenvalue weighted by molar-refractivity contribution is -0.351. The van der Waals surface area contributed by atoms with Gasteiger partial charge < -0.3 is 42.6 Å². The van der Waals surface area contributed by atoms with Gasteiger partial charge in [0, 0.05) is 38.7 Å². The molecular formula is C48H48O16S. The molecule has 10 atom stereocenters. The molecule has 0 N–H and O–H groups in total. The van der Waals surface area contributed by atoms with Gasteiger partial charge in [0.05, 0.1) is 24.5 Å². The lowest BCUT2D eigenvalue weighted by Crippen LogP contribution is -2.83. The average Bonchev–Trinajstić information content (AvgIpc) is 3.92. The van der Waals surface area contributed by atoms with Crippen LogP contribution in [0.5, 0.6) is 5.75 Å². The number of thiophene rings is 1. The van der Waals surface area contributed by atoms with E-state index in [1.165, 1.54) is 38.2 Å². The molecule has 65 heavy (non-hydrogen) atoms. The van der Waals surface area contributed by atoms with E-state index in [0.717, 1.165) is 13.0 Å². The van der Waals surface area contributed by atoms with Gasteiger partial charge in [0.25, 0.3) is 0 Å². The van der Waals surface area contributed by atoms with Crippen LogP contribution in [-0.4, -0.2) is 96.2 Å². The van der Waals surface area contributed by atoms with E-state index in [0.29, 0.717) is 16.0 Å². The molecule has 0 unspecified atom stereocenters. The Hall–Kier alpha value is -6.17. The summed E-state index contributed by atoms with van der Waals surface area (Å²) in [7, 11) is 0. The van der Waals surface area contributed by atoms with E-state index >= 15 is 4.79 Å². The predicted octanol–water partition coefficient (Wildman–Crippen LogP) is 6.28. The zero-order valence-electron chi connectivity index (χ0n) is 36.7. The Balaban J connectivity index is 1.27. The number of ether oxygens (including phenoxy) is 9. The van der Waals surface area contributed by atoms with Gasteiger partial charge in [-0.1, -0.05) is 62.4 Å². The molecule has 3 aliphatic carbocycles. The highest BCUT2D eigenvalue weighted by Crippen LogP contribution is 2.67. The van der Waals surface area contributed by atoms with Gasteiger partial charge in [-0.2, -0.15) is 0 Å². The molecule has 2 saturated heterocycles. The summed E-state index contributed by atoms with van der Waals surface area (Å²) < 4.78 is 55.5. The standard InChI is InChI=1S/C48H48O16S/c1-25-36-38(59-27(3)50)40(53)46(7)33(61-35(52)20-17-29-15-18-31(19-16-29)60-43(54)32-14-11-21-65-32)22-34-47(24-57-34,63-28(4)51)39(46)42(56-23-30-12-9-8-10-13-30)48(45(36,5)6)41(62-44(55)64-48)37(25)58-26(2)49/h8-21,33-34,37-39,41-42H,22-24H2,1-7H3/b20-17+/t33-,34+,37+,38+,39-,41-,42-,46+,47-,48+/m0/s1. The molecule has 2 bridgehead atoms. The van der Waals surface area contributed by atoms with Gasteiger partial charge in [0.1, 0.15) is 28.9 Å². The molecule has 3 heterocycles. The third-order valence-electron chi connectivity index (χ3n) is 13.4. The molecule has 5 aliphatic rings. The first-order valence-electron chi connectivity index (χ1n) is 21.0. The minimum atomic E-state index is -2.03. The summed E-state index contributed by atoms with van der Waals surface area (Å²) in [4.78, 5) is 96.2. The van der Waals surface area contributed by atoms with Crippen LogP contribution in [-0.2, 0) is 68.5 Å². The lowest BCUT2D eigenvalue weighted by atomic mass is 9.44. The van der Waals surface area contributed by atoms with Crippen molar-refractivity contribution in [3.63, 3.8) is 0 Å². The largest absolute Gasteiger partial charge is 0.509 e. The summed E-state index contributed by atoms with van der Waals surface area (Å²) in [6, 6.07) is 18.8. The first-order chi connectivity index (χ1) is 30.8. The van der Waals surface area contributed by atoms with E-state index in [-0.39, 0.29) is 36.5 Å². The van der Waals surface area contributed by atoms with Crippen molar-refractivity contribution >= 4 is 59.2 Å². The van der Waals surface area contributed by atoms with Gasteiger partial charge in [0.15, 0.2) is 35.3 Å². The Morgan fingerprint density at radius 1 is 0.862 bits per heavy atom. The molecule has 16 nitrogen and oxygen atoms in total. The van der Waals surface area contributed by atoms with Gasteiger partial charge in [-0.3, -0.25) is 19.2 Å². The average molecular weight is 913 g/mol. The number of hydrogen-bond acceptors (Lipinski definition) is 17. The summed E-state index contributed by atoms with van der Waals surface area (Å²) in [5, 5.41) is 1.76. The topological polar surface area (TPSA) is 203 Å². The van der Waals surface area contributed by atoms with Gasteiger partial charge in [-0.15, -0.1) is 11.3 Å². The SMILES string of the molecule is CC(=O)O[C@H]1C(=O)[C@]2(C)[C@@H](OC(=O)/C=C/c3ccc(OC(=O)c4cccs4)cc3)C[C@H]3OC[C@@]3(OC(C)=O)[C@H]2[C@H](OCc2ccccc2)[C@]23OC(=O)O[C@H]2[C@H](OC(C)=O)C(C)=C1C3(C)C. The van der Waals surface area contributed by atoms with E-state index in [1.54, 1.807) is 86.8 Å². The second kappa shape index (κ2) is 17.0. The fourth-order valence-electron chi connectivity index (χ4n) is 10.7. The monoisotopic (exact) mass is 912 g/mol. The molecule has 0 radical (unpaired) electrons. The number of carbonyl (C=O) groups excluding carboxylic acids is 7. The number of fused-ring (bicyclic) bond motifs is 4. The molecule has 2 aromatic carbocycles. The Labute approximate surface area is 378 Å². The first-order valence-corrected chi connectivity index (χ1v) is 21.9. The third kappa shape index (κ3) is 7.62. The minimum absolute atomic E-state index is 0.140. The fourth-order valence-corrected chi connectivity index (χ4v) is 11.3. The van der Waals surface area contributed by atoms with Crippen LogP contribution in [0.3, 0.4) is 0 Å². The molecule has 4 fully saturated rings. The van der Waals surface area contributed by atoms with Crippen molar-refractivity contribution in [3.05, 3.63) is 105 Å². The van der Waals surface area contributed by atoms with Crippen molar-refractivity contribution in [2.24, 2.45) is 16.7 Å². The van der Waals surface area contributed by atoms with Crippen LogP contribution in [0.25, 0.3) is 6.08 Å². The van der Waals surface area contributed by atoms with E-state index in [1.807, 2.05) is 6.07 Å². The highest BCUT2D eigenvalue weighted by molar-refractivity contribution is 7.12. The Morgan fingerprint density at radius 2 is 1.57 bits per heavy atom. The molecule has 342 valence electrons. The van der Waals surface area contributed by atoms with Crippen LogP contribution in [0.15, 0.2) is 89.3 Å². The molecule has 1 spiro atoms.